The van der Waals surface area contributed by atoms with Crippen molar-refractivity contribution < 1.29 is 8.76 Å². The Morgan fingerprint density at radius 3 is 2.78 bits per heavy atom. The summed E-state index contributed by atoms with van der Waals surface area (Å²) in [6.07, 6.45) is 3.66. The fourth-order valence-corrected chi connectivity index (χ4v) is 1.05. The maximum atomic E-state index is 10.0. The van der Waals surface area contributed by atoms with Crippen molar-refractivity contribution in [1.82, 2.24) is 4.72 Å². The van der Waals surface area contributed by atoms with E-state index in [4.69, 9.17) is 4.55 Å². The molecular weight excluding hydrogens is 138 g/mol. The van der Waals surface area contributed by atoms with Gasteiger partial charge in [-0.15, -0.1) is 0 Å². The van der Waals surface area contributed by atoms with Gasteiger partial charge >= 0.3 is 0 Å². The largest absolute Gasteiger partial charge is 0.294 e. The molecule has 0 aliphatic heterocycles. The molecule has 2 N–H and O–H groups in total. The molecule has 1 saturated carbocycles. The fraction of sp³-hybridized carbons (Fsp3) is 1.00. The lowest BCUT2D eigenvalue weighted by molar-refractivity contribution is 0.544. The van der Waals surface area contributed by atoms with Gasteiger partial charge in [0, 0.05) is 6.54 Å². The molecule has 1 rings (SSSR count). The van der Waals surface area contributed by atoms with Crippen LogP contribution in [0.1, 0.15) is 19.3 Å². The van der Waals surface area contributed by atoms with E-state index < -0.39 is 11.3 Å². The van der Waals surface area contributed by atoms with Crippen molar-refractivity contribution in [2.45, 2.75) is 19.3 Å². The first-order valence-corrected chi connectivity index (χ1v) is 4.24. The van der Waals surface area contributed by atoms with Gasteiger partial charge < -0.3 is 0 Å². The fourth-order valence-electron chi connectivity index (χ4n) is 0.757. The van der Waals surface area contributed by atoms with Crippen LogP contribution in [0, 0.1) is 5.92 Å². The van der Waals surface area contributed by atoms with Gasteiger partial charge in [-0.05, 0) is 12.3 Å². The molecule has 0 aromatic carbocycles. The Morgan fingerprint density at radius 1 is 1.67 bits per heavy atom. The van der Waals surface area contributed by atoms with Gasteiger partial charge in [-0.3, -0.25) is 4.55 Å². The lowest BCUT2D eigenvalue weighted by Crippen LogP contribution is -2.17. The molecule has 9 heavy (non-hydrogen) atoms. The Morgan fingerprint density at radius 2 is 2.33 bits per heavy atom. The molecule has 0 radical (unpaired) electrons. The van der Waals surface area contributed by atoms with Crippen molar-refractivity contribution in [3.63, 3.8) is 0 Å². The van der Waals surface area contributed by atoms with Crippen LogP contribution in [0.5, 0.6) is 0 Å². The van der Waals surface area contributed by atoms with E-state index in [1.807, 2.05) is 0 Å². The molecule has 4 heteroatoms. The molecule has 1 atom stereocenters. The number of hydrogen-bond donors (Lipinski definition) is 2. The third-order valence-electron chi connectivity index (χ3n) is 1.48. The molecule has 3 nitrogen and oxygen atoms in total. The predicted octanol–water partition coefficient (Wildman–Crippen LogP) is 0.513. The average Bonchev–Trinajstić information content (AvgIpc) is 2.48. The van der Waals surface area contributed by atoms with Crippen LogP contribution in [0.15, 0.2) is 0 Å². The minimum Gasteiger partial charge on any atom is -0.294 e. The zero-order valence-corrected chi connectivity index (χ0v) is 5.99. The Labute approximate surface area is 57.3 Å². The average molecular weight is 149 g/mol. The molecule has 0 amide bonds. The first-order valence-electron chi connectivity index (χ1n) is 3.13. The van der Waals surface area contributed by atoms with E-state index in [2.05, 4.69) is 4.72 Å². The van der Waals surface area contributed by atoms with E-state index in [9.17, 15) is 4.21 Å². The van der Waals surface area contributed by atoms with Crippen LogP contribution in [0.4, 0.5) is 0 Å². The molecule has 1 unspecified atom stereocenters. The summed E-state index contributed by atoms with van der Waals surface area (Å²) in [5, 5.41) is 0. The highest BCUT2D eigenvalue weighted by Gasteiger charge is 2.20. The molecule has 0 heterocycles. The summed E-state index contributed by atoms with van der Waals surface area (Å²) in [6.45, 7) is 0.674. The van der Waals surface area contributed by atoms with E-state index in [0.29, 0.717) is 6.54 Å². The van der Waals surface area contributed by atoms with Gasteiger partial charge in [-0.25, -0.2) is 8.93 Å². The third kappa shape index (κ3) is 3.61. The molecule has 1 aliphatic rings. The van der Waals surface area contributed by atoms with Crippen molar-refractivity contribution in [3.05, 3.63) is 0 Å². The molecular formula is C5H11NO2S. The summed E-state index contributed by atoms with van der Waals surface area (Å²) in [5.74, 6) is 0.834. The van der Waals surface area contributed by atoms with Crippen LogP contribution in [-0.2, 0) is 11.3 Å². The highest BCUT2D eigenvalue weighted by Crippen LogP contribution is 2.31. The quantitative estimate of drug-likeness (QED) is 0.572. The molecule has 0 spiro atoms. The summed E-state index contributed by atoms with van der Waals surface area (Å²) in [4.78, 5) is 0. The summed E-state index contributed by atoms with van der Waals surface area (Å²) >= 11 is -1.80. The maximum Gasteiger partial charge on any atom is 0.231 e. The second-order valence-corrected chi connectivity index (χ2v) is 3.16. The molecule has 54 valence electrons. The lowest BCUT2D eigenvalue weighted by atomic mass is 10.3. The zero-order chi connectivity index (χ0) is 6.69. The van der Waals surface area contributed by atoms with Crippen molar-refractivity contribution in [2.75, 3.05) is 6.54 Å². The predicted molar refractivity (Wildman–Crippen MR) is 36.1 cm³/mol. The van der Waals surface area contributed by atoms with Gasteiger partial charge in [0.25, 0.3) is 0 Å². The summed E-state index contributed by atoms with van der Waals surface area (Å²) < 4.78 is 20.7. The Bertz CT molecular complexity index is 114. The van der Waals surface area contributed by atoms with E-state index in [1.54, 1.807) is 0 Å². The summed E-state index contributed by atoms with van der Waals surface area (Å²) in [5.41, 5.74) is 0. The lowest BCUT2D eigenvalue weighted by Gasteiger charge is -1.95. The van der Waals surface area contributed by atoms with Crippen LogP contribution in [0.3, 0.4) is 0 Å². The highest BCUT2D eigenvalue weighted by atomic mass is 32.2. The van der Waals surface area contributed by atoms with Gasteiger partial charge in [-0.1, -0.05) is 12.8 Å². The standard InChI is InChI=1S/C5H11NO2S/c7-9(8)6-4-3-5-1-2-5/h5-6H,1-4H2,(H,7,8). The van der Waals surface area contributed by atoms with Crippen molar-refractivity contribution in [3.8, 4) is 0 Å². The first kappa shape index (κ1) is 7.18. The van der Waals surface area contributed by atoms with Gasteiger partial charge in [0.2, 0.25) is 11.3 Å². The number of nitrogens with one attached hydrogen (secondary N) is 1. The van der Waals surface area contributed by atoms with Crippen LogP contribution in [0.25, 0.3) is 0 Å². The zero-order valence-electron chi connectivity index (χ0n) is 5.17. The Hall–Kier alpha value is 0.0700. The third-order valence-corrected chi connectivity index (χ3v) is 1.93. The second-order valence-electron chi connectivity index (χ2n) is 2.38. The molecule has 0 saturated heterocycles. The van der Waals surface area contributed by atoms with Crippen LogP contribution < -0.4 is 4.72 Å². The minimum atomic E-state index is -1.80. The van der Waals surface area contributed by atoms with Crippen molar-refractivity contribution in [1.29, 1.82) is 0 Å². The van der Waals surface area contributed by atoms with Gasteiger partial charge in [-0.2, -0.15) is 0 Å². The van der Waals surface area contributed by atoms with E-state index in [1.165, 1.54) is 12.8 Å². The van der Waals surface area contributed by atoms with Gasteiger partial charge in [0.15, 0.2) is 0 Å². The first-order chi connectivity index (χ1) is 4.29. The van der Waals surface area contributed by atoms with Crippen LogP contribution >= 0.6 is 0 Å². The minimum absolute atomic E-state index is 0.674. The summed E-state index contributed by atoms with van der Waals surface area (Å²) in [6, 6.07) is 0. The molecule has 0 aromatic heterocycles. The topological polar surface area (TPSA) is 49.3 Å². The normalized spacial score (nSPS) is 21.9. The van der Waals surface area contributed by atoms with Crippen molar-refractivity contribution >= 4 is 11.3 Å². The molecule has 1 aliphatic carbocycles. The molecule has 0 bridgehead atoms. The second kappa shape index (κ2) is 3.29. The SMILES string of the molecule is O=S(O)NCCC1CC1. The van der Waals surface area contributed by atoms with E-state index in [0.717, 1.165) is 12.3 Å². The van der Waals surface area contributed by atoms with Gasteiger partial charge in [0.05, 0.1) is 0 Å². The highest BCUT2D eigenvalue weighted by molar-refractivity contribution is 7.77. The number of rotatable bonds is 4. The maximum absolute atomic E-state index is 10.0. The number of hydrogen-bond acceptors (Lipinski definition) is 1. The Balaban J connectivity index is 1.86. The van der Waals surface area contributed by atoms with Crippen LogP contribution in [0.2, 0.25) is 0 Å². The van der Waals surface area contributed by atoms with Crippen LogP contribution in [-0.4, -0.2) is 15.3 Å². The smallest absolute Gasteiger partial charge is 0.231 e. The van der Waals surface area contributed by atoms with E-state index >= 15 is 0 Å². The summed E-state index contributed by atoms with van der Waals surface area (Å²) in [7, 11) is 0. The molecule has 1 fully saturated rings. The van der Waals surface area contributed by atoms with E-state index in [-0.39, 0.29) is 0 Å². The van der Waals surface area contributed by atoms with Gasteiger partial charge in [0.1, 0.15) is 0 Å². The van der Waals surface area contributed by atoms with Crippen molar-refractivity contribution in [2.24, 2.45) is 5.92 Å². The molecule has 0 aromatic rings. The Kier molecular flexibility index (Phi) is 2.63. The monoisotopic (exact) mass is 149 g/mol.